The molecule has 0 radical (unpaired) electrons. The van der Waals surface area contributed by atoms with Gasteiger partial charge in [-0.3, -0.25) is 25.8 Å². The van der Waals surface area contributed by atoms with E-state index in [0.29, 0.717) is 0 Å². The largest absolute Gasteiger partial charge is 0.418 e. The van der Waals surface area contributed by atoms with Crippen LogP contribution in [0.1, 0.15) is 15.9 Å². The number of alkyl halides is 3. The molecule has 25 heavy (non-hydrogen) atoms. The molecule has 0 unspecified atom stereocenters. The van der Waals surface area contributed by atoms with Crippen molar-refractivity contribution in [3.8, 4) is 0 Å². The molecule has 3 N–H and O–H groups in total. The smallest absolute Gasteiger partial charge is 0.383 e. The molecule has 0 aliphatic heterocycles. The van der Waals surface area contributed by atoms with Crippen molar-refractivity contribution in [2.24, 2.45) is 0 Å². The van der Waals surface area contributed by atoms with Gasteiger partial charge in [0, 0.05) is 18.7 Å². The highest BCUT2D eigenvalue weighted by atomic mass is 19.4. The number of nitrogens with one attached hydrogen (secondary N) is 3. The maximum atomic E-state index is 12.9. The molecule has 0 spiro atoms. The van der Waals surface area contributed by atoms with Gasteiger partial charge in [0.2, 0.25) is 0 Å². The predicted octanol–water partition coefficient (Wildman–Crippen LogP) is 3.41. The molecule has 0 aliphatic rings. The van der Waals surface area contributed by atoms with Gasteiger partial charge in [0.25, 0.3) is 11.6 Å². The SMILES string of the molecule is CNc1ccc(C(=O)NNc2ccccc2C(F)(F)F)cc1[N+](=O)[O-]. The Morgan fingerprint density at radius 1 is 1.12 bits per heavy atom. The number of halogens is 3. The lowest BCUT2D eigenvalue weighted by atomic mass is 10.1. The highest BCUT2D eigenvalue weighted by molar-refractivity contribution is 5.96. The Kier molecular flexibility index (Phi) is 5.11. The molecule has 7 nitrogen and oxygen atoms in total. The molecule has 0 atom stereocenters. The summed E-state index contributed by atoms with van der Waals surface area (Å²) in [6, 6.07) is 8.27. The summed E-state index contributed by atoms with van der Waals surface area (Å²) >= 11 is 0. The van der Waals surface area contributed by atoms with E-state index in [1.165, 1.54) is 31.3 Å². The second kappa shape index (κ2) is 7.07. The van der Waals surface area contributed by atoms with Crippen LogP contribution in [-0.2, 0) is 6.18 Å². The maximum Gasteiger partial charge on any atom is 0.418 e. The van der Waals surface area contributed by atoms with E-state index >= 15 is 0 Å². The van der Waals surface area contributed by atoms with E-state index < -0.39 is 22.6 Å². The number of nitro benzene ring substituents is 1. The second-order valence-electron chi connectivity index (χ2n) is 4.86. The fourth-order valence-electron chi connectivity index (χ4n) is 2.07. The van der Waals surface area contributed by atoms with Crippen molar-refractivity contribution >= 4 is 23.0 Å². The molecule has 1 amide bonds. The Bertz CT molecular complexity index is 809. The highest BCUT2D eigenvalue weighted by Gasteiger charge is 2.33. The summed E-state index contributed by atoms with van der Waals surface area (Å²) in [6.45, 7) is 0. The van der Waals surface area contributed by atoms with E-state index in [1.54, 1.807) is 0 Å². The Labute approximate surface area is 140 Å². The van der Waals surface area contributed by atoms with Crippen molar-refractivity contribution in [2.75, 3.05) is 17.8 Å². The van der Waals surface area contributed by atoms with Crippen LogP contribution in [0.5, 0.6) is 0 Å². The average Bonchev–Trinajstić information content (AvgIpc) is 2.58. The van der Waals surface area contributed by atoms with Crippen molar-refractivity contribution in [3.63, 3.8) is 0 Å². The Hall–Kier alpha value is -3.30. The summed E-state index contributed by atoms with van der Waals surface area (Å²) in [4.78, 5) is 22.4. The molecule has 0 aliphatic carbocycles. The third-order valence-electron chi connectivity index (χ3n) is 3.27. The third-order valence-corrected chi connectivity index (χ3v) is 3.27. The predicted molar refractivity (Wildman–Crippen MR) is 85.2 cm³/mol. The zero-order valence-electron chi connectivity index (χ0n) is 12.8. The number of anilines is 2. The van der Waals surface area contributed by atoms with E-state index in [4.69, 9.17) is 0 Å². The summed E-state index contributed by atoms with van der Waals surface area (Å²) in [7, 11) is 1.48. The van der Waals surface area contributed by atoms with Gasteiger partial charge in [0.05, 0.1) is 16.2 Å². The molecule has 0 heterocycles. The van der Waals surface area contributed by atoms with Crippen molar-refractivity contribution < 1.29 is 22.9 Å². The Morgan fingerprint density at radius 2 is 1.80 bits per heavy atom. The van der Waals surface area contributed by atoms with E-state index in [9.17, 15) is 28.1 Å². The normalized spacial score (nSPS) is 10.9. The van der Waals surface area contributed by atoms with Crippen molar-refractivity contribution in [2.45, 2.75) is 6.18 Å². The molecular weight excluding hydrogens is 341 g/mol. The minimum absolute atomic E-state index is 0.0808. The van der Waals surface area contributed by atoms with Gasteiger partial charge in [-0.1, -0.05) is 12.1 Å². The van der Waals surface area contributed by atoms with Crippen LogP contribution in [0.3, 0.4) is 0 Å². The lowest BCUT2D eigenvalue weighted by Gasteiger charge is -2.15. The van der Waals surface area contributed by atoms with E-state index in [2.05, 4.69) is 16.2 Å². The van der Waals surface area contributed by atoms with Crippen molar-refractivity contribution in [3.05, 3.63) is 63.7 Å². The molecule has 132 valence electrons. The number of para-hydroxylation sites is 1. The highest BCUT2D eigenvalue weighted by Crippen LogP contribution is 2.34. The monoisotopic (exact) mass is 354 g/mol. The number of amides is 1. The first kappa shape index (κ1) is 18.0. The number of benzene rings is 2. The van der Waals surface area contributed by atoms with Gasteiger partial charge in [-0.2, -0.15) is 13.2 Å². The second-order valence-corrected chi connectivity index (χ2v) is 4.86. The number of carbonyl (C=O) groups is 1. The molecule has 2 aromatic rings. The molecule has 0 aromatic heterocycles. The number of nitrogens with zero attached hydrogens (tertiary/aromatic N) is 1. The quantitative estimate of drug-likeness (QED) is 0.565. The molecule has 2 aromatic carbocycles. The van der Waals surface area contributed by atoms with E-state index in [1.807, 2.05) is 0 Å². The van der Waals surface area contributed by atoms with Crippen LogP contribution in [0.25, 0.3) is 0 Å². The summed E-state index contributed by atoms with van der Waals surface area (Å²) in [5, 5.41) is 13.6. The zero-order valence-corrected chi connectivity index (χ0v) is 12.8. The number of hydrogen-bond donors (Lipinski definition) is 3. The minimum atomic E-state index is -4.60. The summed E-state index contributed by atoms with van der Waals surface area (Å²) in [5.74, 6) is -0.817. The minimum Gasteiger partial charge on any atom is -0.383 e. The Balaban J connectivity index is 2.19. The number of carbonyl (C=O) groups excluding carboxylic acids is 1. The van der Waals surface area contributed by atoms with Gasteiger partial charge in [0.1, 0.15) is 5.69 Å². The van der Waals surface area contributed by atoms with E-state index in [0.717, 1.165) is 18.2 Å². The first-order valence-electron chi connectivity index (χ1n) is 6.93. The molecule has 0 bridgehead atoms. The summed E-state index contributed by atoms with van der Waals surface area (Å²) < 4.78 is 38.7. The first-order valence-corrected chi connectivity index (χ1v) is 6.93. The first-order chi connectivity index (χ1) is 11.7. The van der Waals surface area contributed by atoms with Gasteiger partial charge < -0.3 is 5.32 Å². The maximum absolute atomic E-state index is 12.9. The van der Waals surface area contributed by atoms with Gasteiger partial charge in [-0.25, -0.2) is 0 Å². The standard InChI is InChI=1S/C15H13F3N4O3/c1-19-12-7-6-9(8-13(12)22(24)25)14(23)21-20-11-5-3-2-4-10(11)15(16,17)18/h2-8,19-20H,1H3,(H,21,23). The van der Waals surface area contributed by atoms with Gasteiger partial charge in [-0.05, 0) is 24.3 Å². The number of rotatable bonds is 5. The van der Waals surface area contributed by atoms with Crippen LogP contribution >= 0.6 is 0 Å². The molecule has 10 heteroatoms. The summed E-state index contributed by atoms with van der Waals surface area (Å²) in [6.07, 6.45) is -4.60. The van der Waals surface area contributed by atoms with E-state index in [-0.39, 0.29) is 22.6 Å². The number of nitro groups is 1. The average molecular weight is 354 g/mol. The lowest BCUT2D eigenvalue weighted by molar-refractivity contribution is -0.384. The third kappa shape index (κ3) is 4.16. The van der Waals surface area contributed by atoms with Crippen LogP contribution in [0.4, 0.5) is 30.2 Å². The van der Waals surface area contributed by atoms with Crippen LogP contribution in [-0.4, -0.2) is 17.9 Å². The van der Waals surface area contributed by atoms with Crippen LogP contribution in [0.15, 0.2) is 42.5 Å². The number of hydrazine groups is 1. The Morgan fingerprint density at radius 3 is 2.40 bits per heavy atom. The molecule has 0 saturated carbocycles. The zero-order chi connectivity index (χ0) is 18.6. The van der Waals surface area contributed by atoms with Gasteiger partial charge >= 0.3 is 6.18 Å². The fourth-order valence-corrected chi connectivity index (χ4v) is 2.07. The van der Waals surface area contributed by atoms with Gasteiger partial charge in [0.15, 0.2) is 0 Å². The van der Waals surface area contributed by atoms with Crippen molar-refractivity contribution in [1.82, 2.24) is 5.43 Å². The van der Waals surface area contributed by atoms with Crippen LogP contribution < -0.4 is 16.2 Å². The van der Waals surface area contributed by atoms with Crippen LogP contribution in [0, 0.1) is 10.1 Å². The molecule has 0 saturated heterocycles. The lowest BCUT2D eigenvalue weighted by Crippen LogP contribution is -2.30. The molecule has 2 rings (SSSR count). The van der Waals surface area contributed by atoms with Crippen LogP contribution in [0.2, 0.25) is 0 Å². The number of hydrogen-bond acceptors (Lipinski definition) is 5. The molecular formula is C15H13F3N4O3. The van der Waals surface area contributed by atoms with Gasteiger partial charge in [-0.15, -0.1) is 0 Å². The summed E-state index contributed by atoms with van der Waals surface area (Å²) in [5.41, 5.74) is 2.79. The molecule has 0 fully saturated rings. The van der Waals surface area contributed by atoms with Crippen molar-refractivity contribution in [1.29, 1.82) is 0 Å². The topological polar surface area (TPSA) is 96.3 Å². The fraction of sp³-hybridized carbons (Fsp3) is 0.133.